The van der Waals surface area contributed by atoms with Crippen molar-refractivity contribution in [1.82, 2.24) is 10.6 Å². The highest BCUT2D eigenvalue weighted by Gasteiger charge is 2.16. The molecule has 0 radical (unpaired) electrons. The fourth-order valence-corrected chi connectivity index (χ4v) is 2.95. The molecule has 0 bridgehead atoms. The highest BCUT2D eigenvalue weighted by molar-refractivity contribution is 5.78. The number of rotatable bonds is 7. The quantitative estimate of drug-likeness (QED) is 0.643. The van der Waals surface area contributed by atoms with E-state index in [1.807, 2.05) is 37.3 Å². The second-order valence-electron chi connectivity index (χ2n) is 6.27. The van der Waals surface area contributed by atoms with Crippen molar-refractivity contribution in [3.63, 3.8) is 0 Å². The number of furan rings is 1. The van der Waals surface area contributed by atoms with E-state index in [1.54, 1.807) is 33.5 Å². The Kier molecular flexibility index (Phi) is 5.93. The molecule has 7 heteroatoms. The van der Waals surface area contributed by atoms with Gasteiger partial charge >= 0.3 is 6.03 Å². The maximum Gasteiger partial charge on any atom is 0.315 e. The summed E-state index contributed by atoms with van der Waals surface area (Å²) < 4.78 is 21.8. The Morgan fingerprint density at radius 2 is 1.71 bits per heavy atom. The predicted octanol–water partition coefficient (Wildman–Crippen LogP) is 4.02. The maximum absolute atomic E-state index is 12.3. The van der Waals surface area contributed by atoms with Crippen molar-refractivity contribution in [3.8, 4) is 17.2 Å². The molecular weight excluding hydrogens is 360 g/mol. The van der Waals surface area contributed by atoms with E-state index in [0.717, 1.165) is 16.5 Å². The summed E-state index contributed by atoms with van der Waals surface area (Å²) >= 11 is 0. The molecule has 0 spiro atoms. The third-order valence-electron chi connectivity index (χ3n) is 4.40. The number of nitrogens with one attached hydrogen (secondary N) is 2. The van der Waals surface area contributed by atoms with Crippen molar-refractivity contribution >= 4 is 17.0 Å². The van der Waals surface area contributed by atoms with E-state index in [0.29, 0.717) is 29.6 Å². The van der Waals surface area contributed by atoms with E-state index >= 15 is 0 Å². The number of methoxy groups -OCH3 is 3. The minimum Gasteiger partial charge on any atom is -0.493 e. The minimum atomic E-state index is -0.304. The number of benzene rings is 2. The molecule has 0 saturated carbocycles. The van der Waals surface area contributed by atoms with Crippen LogP contribution in [0.4, 0.5) is 4.79 Å². The van der Waals surface area contributed by atoms with Crippen LogP contribution >= 0.6 is 0 Å². The third kappa shape index (κ3) is 4.14. The summed E-state index contributed by atoms with van der Waals surface area (Å²) in [6.45, 7) is 2.17. The highest BCUT2D eigenvalue weighted by Crippen LogP contribution is 2.38. The van der Waals surface area contributed by atoms with Gasteiger partial charge in [0.25, 0.3) is 0 Å². The monoisotopic (exact) mass is 384 g/mol. The van der Waals surface area contributed by atoms with Crippen molar-refractivity contribution in [2.75, 3.05) is 21.3 Å². The topological polar surface area (TPSA) is 82.0 Å². The molecule has 0 aliphatic carbocycles. The zero-order chi connectivity index (χ0) is 20.1. The molecule has 2 N–H and O–H groups in total. The van der Waals surface area contributed by atoms with Crippen LogP contribution in [-0.2, 0) is 6.54 Å². The Labute approximate surface area is 163 Å². The normalized spacial score (nSPS) is 11.7. The van der Waals surface area contributed by atoms with Crippen LogP contribution < -0.4 is 24.8 Å². The second-order valence-corrected chi connectivity index (χ2v) is 6.27. The molecule has 2 amide bonds. The average molecular weight is 384 g/mol. The Morgan fingerprint density at radius 3 is 2.32 bits per heavy atom. The smallest absolute Gasteiger partial charge is 0.315 e. The molecule has 1 aromatic heterocycles. The van der Waals surface area contributed by atoms with Crippen molar-refractivity contribution < 1.29 is 23.4 Å². The van der Waals surface area contributed by atoms with E-state index in [9.17, 15) is 4.79 Å². The molecule has 3 aromatic rings. The molecule has 3 rings (SSSR count). The van der Waals surface area contributed by atoms with Crippen molar-refractivity contribution in [1.29, 1.82) is 0 Å². The number of ether oxygens (including phenoxy) is 3. The van der Waals surface area contributed by atoms with Gasteiger partial charge in [0, 0.05) is 11.9 Å². The Balaban J connectivity index is 1.63. The fraction of sp³-hybridized carbons (Fsp3) is 0.286. The maximum atomic E-state index is 12.3. The van der Waals surface area contributed by atoms with Gasteiger partial charge in [-0.15, -0.1) is 0 Å². The van der Waals surface area contributed by atoms with E-state index in [-0.39, 0.29) is 12.1 Å². The number of urea groups is 1. The van der Waals surface area contributed by atoms with Crippen LogP contribution in [0.25, 0.3) is 11.0 Å². The van der Waals surface area contributed by atoms with Crippen LogP contribution in [0.2, 0.25) is 0 Å². The van der Waals surface area contributed by atoms with E-state index in [1.165, 1.54) is 0 Å². The summed E-state index contributed by atoms with van der Waals surface area (Å²) in [5, 5.41) is 6.71. The largest absolute Gasteiger partial charge is 0.493 e. The molecule has 0 saturated heterocycles. The molecule has 28 heavy (non-hydrogen) atoms. The number of carbonyl (C=O) groups is 1. The Hall–Kier alpha value is -3.35. The highest BCUT2D eigenvalue weighted by atomic mass is 16.5. The minimum absolute atomic E-state index is 0.271. The van der Waals surface area contributed by atoms with Crippen molar-refractivity contribution in [3.05, 3.63) is 53.8 Å². The zero-order valence-corrected chi connectivity index (χ0v) is 16.4. The first-order valence-corrected chi connectivity index (χ1v) is 8.87. The number of para-hydroxylation sites is 1. The van der Waals surface area contributed by atoms with Crippen LogP contribution in [-0.4, -0.2) is 27.4 Å². The lowest BCUT2D eigenvalue weighted by atomic mass is 10.2. The molecule has 1 unspecified atom stereocenters. The first kappa shape index (κ1) is 19.4. The van der Waals surface area contributed by atoms with Crippen LogP contribution in [0.1, 0.15) is 24.3 Å². The zero-order valence-electron chi connectivity index (χ0n) is 16.4. The van der Waals surface area contributed by atoms with Gasteiger partial charge in [0.1, 0.15) is 11.3 Å². The number of hydrogen-bond acceptors (Lipinski definition) is 5. The molecule has 0 fully saturated rings. The standard InChI is InChI=1S/C21H24N2O5/c1-13(17-11-15-7-5-6-8-16(15)28-17)23-21(24)22-12-14-9-18(25-2)20(27-4)19(10-14)26-3/h5-11,13H,12H2,1-4H3,(H2,22,23,24). The lowest BCUT2D eigenvalue weighted by Gasteiger charge is -2.15. The van der Waals surface area contributed by atoms with Crippen LogP contribution in [0, 0.1) is 0 Å². The molecular formula is C21H24N2O5. The van der Waals surface area contributed by atoms with Gasteiger partial charge in [0.2, 0.25) is 5.75 Å². The van der Waals surface area contributed by atoms with Crippen molar-refractivity contribution in [2.45, 2.75) is 19.5 Å². The van der Waals surface area contributed by atoms with E-state index < -0.39 is 0 Å². The summed E-state index contributed by atoms with van der Waals surface area (Å²) in [4.78, 5) is 12.3. The molecule has 0 aliphatic heterocycles. The Bertz CT molecular complexity index is 908. The molecule has 1 atom stereocenters. The second kappa shape index (κ2) is 8.56. The summed E-state index contributed by atoms with van der Waals surface area (Å²) in [6.07, 6.45) is 0. The SMILES string of the molecule is COc1cc(CNC(=O)NC(C)c2cc3ccccc3o2)cc(OC)c1OC. The van der Waals surface area contributed by atoms with Crippen molar-refractivity contribution in [2.24, 2.45) is 0 Å². The number of carbonyl (C=O) groups excluding carboxylic acids is 1. The molecule has 148 valence electrons. The third-order valence-corrected chi connectivity index (χ3v) is 4.40. The number of fused-ring (bicyclic) bond motifs is 1. The van der Waals surface area contributed by atoms with E-state index in [2.05, 4.69) is 10.6 Å². The lowest BCUT2D eigenvalue weighted by molar-refractivity contribution is 0.236. The average Bonchev–Trinajstić information content (AvgIpc) is 3.15. The van der Waals surface area contributed by atoms with Gasteiger partial charge < -0.3 is 29.3 Å². The number of hydrogen-bond donors (Lipinski definition) is 2. The lowest BCUT2D eigenvalue weighted by Crippen LogP contribution is -2.36. The van der Waals surface area contributed by atoms with Crippen LogP contribution in [0.3, 0.4) is 0 Å². The summed E-state index contributed by atoms with van der Waals surface area (Å²) in [5.41, 5.74) is 1.62. The first-order valence-electron chi connectivity index (χ1n) is 8.87. The van der Waals surface area contributed by atoms with Gasteiger partial charge in [-0.1, -0.05) is 18.2 Å². The van der Waals surface area contributed by atoms with Gasteiger partial charge in [0.15, 0.2) is 11.5 Å². The summed E-state index contributed by atoms with van der Waals surface area (Å²) in [6, 6.07) is 12.7. The van der Waals surface area contributed by atoms with Gasteiger partial charge in [-0.25, -0.2) is 4.79 Å². The number of amides is 2. The van der Waals surface area contributed by atoms with Gasteiger partial charge in [-0.2, -0.15) is 0 Å². The molecule has 7 nitrogen and oxygen atoms in total. The predicted molar refractivity (Wildman–Crippen MR) is 106 cm³/mol. The van der Waals surface area contributed by atoms with Crippen LogP contribution in [0.15, 0.2) is 46.9 Å². The fourth-order valence-electron chi connectivity index (χ4n) is 2.95. The summed E-state index contributed by atoms with van der Waals surface area (Å²) in [7, 11) is 4.65. The van der Waals surface area contributed by atoms with Gasteiger partial charge in [-0.3, -0.25) is 0 Å². The van der Waals surface area contributed by atoms with Gasteiger partial charge in [-0.05, 0) is 36.8 Å². The molecule has 0 aliphatic rings. The van der Waals surface area contributed by atoms with Gasteiger partial charge in [0.05, 0.1) is 27.4 Å². The van der Waals surface area contributed by atoms with Crippen LogP contribution in [0.5, 0.6) is 17.2 Å². The Morgan fingerprint density at radius 1 is 1.04 bits per heavy atom. The molecule has 2 aromatic carbocycles. The van der Waals surface area contributed by atoms with E-state index in [4.69, 9.17) is 18.6 Å². The molecule has 1 heterocycles. The summed E-state index contributed by atoms with van der Waals surface area (Å²) in [5.74, 6) is 2.28. The first-order chi connectivity index (χ1) is 13.5.